The van der Waals surface area contributed by atoms with Gasteiger partial charge in [-0.1, -0.05) is 28.9 Å². The van der Waals surface area contributed by atoms with Crippen molar-refractivity contribution in [1.82, 2.24) is 14.9 Å². The Bertz CT molecular complexity index is 817. The number of carbonyl (C=O) groups excluding carboxylic acids is 1. The first-order valence-corrected chi connectivity index (χ1v) is 7.43. The van der Waals surface area contributed by atoms with E-state index in [0.717, 1.165) is 5.56 Å². The van der Waals surface area contributed by atoms with Gasteiger partial charge in [0.25, 0.3) is 5.91 Å². The summed E-state index contributed by atoms with van der Waals surface area (Å²) in [5.74, 6) is 0.827. The van der Waals surface area contributed by atoms with Crippen LogP contribution in [0, 0.1) is 13.8 Å². The number of amides is 1. The third kappa shape index (κ3) is 3.27. The van der Waals surface area contributed by atoms with Crippen molar-refractivity contribution in [1.29, 1.82) is 0 Å². The van der Waals surface area contributed by atoms with Gasteiger partial charge in [0, 0.05) is 11.1 Å². The number of nitrogens with zero attached hydrogens (tertiary/aromatic N) is 3. The molecule has 0 aliphatic heterocycles. The Morgan fingerprint density at radius 2 is 2.00 bits per heavy atom. The Hall–Kier alpha value is -2.60. The minimum Gasteiger partial charge on any atom is -0.361 e. The molecule has 2 aromatic heterocycles. The van der Waals surface area contributed by atoms with Crippen LogP contribution in [0.15, 0.2) is 41.1 Å². The zero-order valence-corrected chi connectivity index (χ0v) is 13.5. The first kappa shape index (κ1) is 15.3. The highest BCUT2D eigenvalue weighted by Crippen LogP contribution is 2.17. The number of anilines is 1. The van der Waals surface area contributed by atoms with Crippen LogP contribution in [0.5, 0.6) is 0 Å². The summed E-state index contributed by atoms with van der Waals surface area (Å²) < 4.78 is 6.73. The van der Waals surface area contributed by atoms with E-state index in [0.29, 0.717) is 34.4 Å². The van der Waals surface area contributed by atoms with Gasteiger partial charge < -0.3 is 9.84 Å². The molecule has 0 saturated heterocycles. The van der Waals surface area contributed by atoms with E-state index < -0.39 is 0 Å². The summed E-state index contributed by atoms with van der Waals surface area (Å²) in [6, 6.07) is 9.23. The summed E-state index contributed by atoms with van der Waals surface area (Å²) in [7, 11) is 0. The SMILES string of the molecule is Cc1noc(C)c1C(=O)Nc1ccnn1Cc1ccc(Cl)cc1. The molecule has 3 rings (SSSR count). The topological polar surface area (TPSA) is 73.0 Å². The number of halogens is 1. The van der Waals surface area contributed by atoms with Gasteiger partial charge in [-0.3, -0.25) is 4.79 Å². The summed E-state index contributed by atoms with van der Waals surface area (Å²) in [6.45, 7) is 3.97. The Labute approximate surface area is 138 Å². The number of aryl methyl sites for hydroxylation is 2. The normalized spacial score (nSPS) is 10.7. The molecule has 0 saturated carbocycles. The van der Waals surface area contributed by atoms with Crippen molar-refractivity contribution < 1.29 is 9.32 Å². The van der Waals surface area contributed by atoms with E-state index in [1.54, 1.807) is 30.8 Å². The zero-order chi connectivity index (χ0) is 16.4. The van der Waals surface area contributed by atoms with Crippen molar-refractivity contribution in [3.63, 3.8) is 0 Å². The second-order valence-electron chi connectivity index (χ2n) is 5.15. The van der Waals surface area contributed by atoms with E-state index in [-0.39, 0.29) is 5.91 Å². The molecular weight excluding hydrogens is 316 g/mol. The third-order valence-corrected chi connectivity index (χ3v) is 3.72. The lowest BCUT2D eigenvalue weighted by Gasteiger charge is -2.09. The molecule has 0 spiro atoms. The molecular formula is C16H15ClN4O2. The highest BCUT2D eigenvalue weighted by Gasteiger charge is 2.18. The van der Waals surface area contributed by atoms with Crippen LogP contribution < -0.4 is 5.32 Å². The number of rotatable bonds is 4. The summed E-state index contributed by atoms with van der Waals surface area (Å²) in [5, 5.41) is 11.6. The Morgan fingerprint density at radius 3 is 2.65 bits per heavy atom. The van der Waals surface area contributed by atoms with E-state index in [1.165, 1.54) is 0 Å². The summed E-state index contributed by atoms with van der Waals surface area (Å²) in [4.78, 5) is 12.4. The number of aromatic nitrogens is 3. The van der Waals surface area contributed by atoms with Crippen LogP contribution in [0.3, 0.4) is 0 Å². The van der Waals surface area contributed by atoms with Crippen molar-refractivity contribution in [2.24, 2.45) is 0 Å². The monoisotopic (exact) mass is 330 g/mol. The van der Waals surface area contributed by atoms with Crippen LogP contribution in [-0.2, 0) is 6.54 Å². The fourth-order valence-corrected chi connectivity index (χ4v) is 2.44. The van der Waals surface area contributed by atoms with Crippen molar-refractivity contribution in [3.05, 3.63) is 64.1 Å². The summed E-state index contributed by atoms with van der Waals surface area (Å²) >= 11 is 5.89. The summed E-state index contributed by atoms with van der Waals surface area (Å²) in [5.41, 5.74) is 2.04. The summed E-state index contributed by atoms with van der Waals surface area (Å²) in [6.07, 6.45) is 1.64. The molecule has 23 heavy (non-hydrogen) atoms. The van der Waals surface area contributed by atoms with Gasteiger partial charge in [0.15, 0.2) is 0 Å². The highest BCUT2D eigenvalue weighted by molar-refractivity contribution is 6.30. The van der Waals surface area contributed by atoms with Gasteiger partial charge in [0.2, 0.25) is 0 Å². The third-order valence-electron chi connectivity index (χ3n) is 3.46. The van der Waals surface area contributed by atoms with Crippen molar-refractivity contribution in [2.45, 2.75) is 20.4 Å². The molecule has 1 N–H and O–H groups in total. The fourth-order valence-electron chi connectivity index (χ4n) is 2.31. The van der Waals surface area contributed by atoms with Gasteiger partial charge in [0.05, 0.1) is 18.4 Å². The zero-order valence-electron chi connectivity index (χ0n) is 12.7. The van der Waals surface area contributed by atoms with Gasteiger partial charge in [-0.05, 0) is 31.5 Å². The van der Waals surface area contributed by atoms with Gasteiger partial charge in [-0.25, -0.2) is 4.68 Å². The minimum atomic E-state index is -0.265. The quantitative estimate of drug-likeness (QED) is 0.795. The minimum absolute atomic E-state index is 0.265. The van der Waals surface area contributed by atoms with Crippen molar-refractivity contribution in [2.75, 3.05) is 5.32 Å². The van der Waals surface area contributed by atoms with Gasteiger partial charge in [-0.15, -0.1) is 0 Å². The van der Waals surface area contributed by atoms with Gasteiger partial charge in [0.1, 0.15) is 17.1 Å². The lowest BCUT2D eigenvalue weighted by molar-refractivity contribution is 0.102. The molecule has 2 heterocycles. The largest absolute Gasteiger partial charge is 0.361 e. The average Bonchev–Trinajstić information content (AvgIpc) is 3.08. The van der Waals surface area contributed by atoms with Crippen LogP contribution in [0.2, 0.25) is 5.02 Å². The standard InChI is InChI=1S/C16H15ClN4O2/c1-10-15(11(2)23-20-10)16(22)19-14-7-8-18-21(14)9-12-3-5-13(17)6-4-12/h3-8H,9H2,1-2H3,(H,19,22). The molecule has 0 aliphatic carbocycles. The van der Waals surface area contributed by atoms with E-state index in [2.05, 4.69) is 15.6 Å². The first-order valence-electron chi connectivity index (χ1n) is 7.05. The van der Waals surface area contributed by atoms with E-state index in [1.807, 2.05) is 24.3 Å². The first-order chi connectivity index (χ1) is 11.0. The van der Waals surface area contributed by atoms with Crippen LogP contribution >= 0.6 is 11.6 Å². The van der Waals surface area contributed by atoms with Gasteiger partial charge >= 0.3 is 0 Å². The Balaban J connectivity index is 1.78. The van der Waals surface area contributed by atoms with Gasteiger partial charge in [-0.2, -0.15) is 5.10 Å². The molecule has 0 bridgehead atoms. The smallest absolute Gasteiger partial charge is 0.262 e. The number of carbonyl (C=O) groups is 1. The molecule has 0 fully saturated rings. The molecule has 118 valence electrons. The number of hydrogen-bond acceptors (Lipinski definition) is 4. The van der Waals surface area contributed by atoms with Crippen LogP contribution in [0.4, 0.5) is 5.82 Å². The number of benzene rings is 1. The van der Waals surface area contributed by atoms with E-state index in [4.69, 9.17) is 16.1 Å². The maximum atomic E-state index is 12.4. The van der Waals surface area contributed by atoms with Crippen LogP contribution in [-0.4, -0.2) is 20.8 Å². The number of nitrogens with one attached hydrogen (secondary N) is 1. The molecule has 0 aliphatic rings. The molecule has 0 atom stereocenters. The lowest BCUT2D eigenvalue weighted by atomic mass is 10.2. The molecule has 7 heteroatoms. The van der Waals surface area contributed by atoms with Crippen molar-refractivity contribution >= 4 is 23.3 Å². The molecule has 6 nitrogen and oxygen atoms in total. The molecule has 0 radical (unpaired) electrons. The average molecular weight is 331 g/mol. The van der Waals surface area contributed by atoms with Crippen molar-refractivity contribution in [3.8, 4) is 0 Å². The second-order valence-corrected chi connectivity index (χ2v) is 5.59. The molecule has 3 aromatic rings. The number of hydrogen-bond donors (Lipinski definition) is 1. The van der Waals surface area contributed by atoms with Crippen LogP contribution in [0.25, 0.3) is 0 Å². The van der Waals surface area contributed by atoms with E-state index >= 15 is 0 Å². The second kappa shape index (κ2) is 6.26. The molecule has 0 unspecified atom stereocenters. The van der Waals surface area contributed by atoms with Crippen LogP contribution in [0.1, 0.15) is 27.4 Å². The highest BCUT2D eigenvalue weighted by atomic mass is 35.5. The maximum Gasteiger partial charge on any atom is 0.262 e. The Morgan fingerprint density at radius 1 is 1.26 bits per heavy atom. The predicted molar refractivity (Wildman–Crippen MR) is 86.7 cm³/mol. The van der Waals surface area contributed by atoms with E-state index in [9.17, 15) is 4.79 Å². The molecule has 1 aromatic carbocycles. The molecule has 1 amide bonds. The maximum absolute atomic E-state index is 12.4. The fraction of sp³-hybridized carbons (Fsp3) is 0.188. The lowest BCUT2D eigenvalue weighted by Crippen LogP contribution is -2.17. The predicted octanol–water partition coefficient (Wildman–Crippen LogP) is 3.44. The Kier molecular flexibility index (Phi) is 4.16.